The Kier molecular flexibility index (Phi) is 8.61. The van der Waals surface area contributed by atoms with Crippen LogP contribution < -0.4 is 15.6 Å². The summed E-state index contributed by atoms with van der Waals surface area (Å²) in [7, 11) is 3.87. The third-order valence-corrected chi connectivity index (χ3v) is 6.01. The summed E-state index contributed by atoms with van der Waals surface area (Å²) in [5.41, 5.74) is 5.16. The first-order chi connectivity index (χ1) is 16.2. The molecule has 0 fully saturated rings. The van der Waals surface area contributed by atoms with Gasteiger partial charge in [-0.15, -0.1) is 0 Å². The molecule has 0 aliphatic rings. The van der Waals surface area contributed by atoms with Crippen molar-refractivity contribution in [2.45, 2.75) is 0 Å². The van der Waals surface area contributed by atoms with Crippen molar-refractivity contribution in [3.63, 3.8) is 0 Å². The van der Waals surface area contributed by atoms with Gasteiger partial charge in [-0.3, -0.25) is 9.59 Å². The standard InChI is InChI=1S/C25H22Br2N4O3/c1-31(2)19-10-8-16(9-11-19)12-22(29-24(33)17-6-4-3-5-7-17)25(34)30-28-15-18-13-23(32)21(27)14-20(18)26/h3-15,32H,1-2H3,(H,29,33)(H,30,34)/b22-12+,28-15-. The molecule has 0 atom stereocenters. The lowest BCUT2D eigenvalue weighted by atomic mass is 10.1. The van der Waals surface area contributed by atoms with Crippen LogP contribution in [0.3, 0.4) is 0 Å². The zero-order valence-corrected chi connectivity index (χ0v) is 21.6. The zero-order valence-electron chi connectivity index (χ0n) is 18.4. The highest BCUT2D eigenvalue weighted by Gasteiger charge is 2.14. The summed E-state index contributed by atoms with van der Waals surface area (Å²) in [6.07, 6.45) is 2.96. The van der Waals surface area contributed by atoms with Crippen molar-refractivity contribution in [3.05, 3.63) is 98.1 Å². The van der Waals surface area contributed by atoms with Crippen LogP contribution in [-0.4, -0.2) is 37.2 Å². The minimum atomic E-state index is -0.602. The number of amides is 2. The lowest BCUT2D eigenvalue weighted by molar-refractivity contribution is -0.117. The molecule has 0 heterocycles. The molecule has 0 aliphatic heterocycles. The number of hydrogen-bond acceptors (Lipinski definition) is 5. The molecular formula is C25H22Br2N4O3. The number of hydrazone groups is 1. The van der Waals surface area contributed by atoms with Gasteiger partial charge in [0.25, 0.3) is 11.8 Å². The first-order valence-corrected chi connectivity index (χ1v) is 11.7. The maximum atomic E-state index is 12.9. The van der Waals surface area contributed by atoms with Crippen molar-refractivity contribution in [2.24, 2.45) is 5.10 Å². The number of carbonyl (C=O) groups excluding carboxylic acids is 2. The molecule has 3 aromatic rings. The predicted octanol–water partition coefficient (Wildman–Crippen LogP) is 4.90. The Morgan fingerprint density at radius 1 is 0.971 bits per heavy atom. The number of phenols is 1. The van der Waals surface area contributed by atoms with Gasteiger partial charge in [0, 0.05) is 35.4 Å². The molecule has 3 aromatic carbocycles. The molecule has 0 spiro atoms. The van der Waals surface area contributed by atoms with Gasteiger partial charge in [0.2, 0.25) is 0 Å². The summed E-state index contributed by atoms with van der Waals surface area (Å²) < 4.78 is 1.19. The Morgan fingerprint density at radius 2 is 1.65 bits per heavy atom. The van der Waals surface area contributed by atoms with E-state index in [1.165, 1.54) is 12.3 Å². The van der Waals surface area contributed by atoms with Crippen molar-refractivity contribution in [1.82, 2.24) is 10.7 Å². The summed E-state index contributed by atoms with van der Waals surface area (Å²) in [5.74, 6) is -0.987. The maximum absolute atomic E-state index is 12.9. The molecule has 174 valence electrons. The smallest absolute Gasteiger partial charge is 0.287 e. The molecule has 34 heavy (non-hydrogen) atoms. The van der Waals surface area contributed by atoms with Crippen LogP contribution in [0.1, 0.15) is 21.5 Å². The van der Waals surface area contributed by atoms with Crippen LogP contribution in [0, 0.1) is 0 Å². The third kappa shape index (κ3) is 6.79. The number of benzene rings is 3. The van der Waals surface area contributed by atoms with Crippen molar-refractivity contribution in [1.29, 1.82) is 0 Å². The van der Waals surface area contributed by atoms with Crippen molar-refractivity contribution in [3.8, 4) is 5.75 Å². The van der Waals surface area contributed by atoms with Crippen molar-refractivity contribution < 1.29 is 14.7 Å². The number of nitrogens with one attached hydrogen (secondary N) is 2. The molecule has 0 aromatic heterocycles. The van der Waals surface area contributed by atoms with Crippen LogP contribution in [0.5, 0.6) is 5.75 Å². The highest BCUT2D eigenvalue weighted by atomic mass is 79.9. The Hall–Kier alpha value is -3.43. The Morgan fingerprint density at radius 3 is 2.29 bits per heavy atom. The molecule has 0 unspecified atom stereocenters. The van der Waals surface area contributed by atoms with E-state index >= 15 is 0 Å². The molecule has 0 radical (unpaired) electrons. The molecule has 3 N–H and O–H groups in total. The second-order valence-corrected chi connectivity index (χ2v) is 9.10. The molecule has 9 heteroatoms. The first kappa shape index (κ1) is 25.2. The van der Waals surface area contributed by atoms with E-state index in [0.717, 1.165) is 11.3 Å². The number of nitrogens with zero attached hydrogens (tertiary/aromatic N) is 2. The Balaban J connectivity index is 1.84. The molecular weight excluding hydrogens is 564 g/mol. The van der Waals surface area contributed by atoms with Gasteiger partial charge in [0.1, 0.15) is 11.4 Å². The minimum absolute atomic E-state index is 0.0290. The summed E-state index contributed by atoms with van der Waals surface area (Å²) in [4.78, 5) is 27.6. The fourth-order valence-corrected chi connectivity index (χ4v) is 3.95. The SMILES string of the molecule is CN(C)c1ccc(/C=C(/NC(=O)c2ccccc2)C(=O)N/N=C\c2cc(O)c(Br)cc2Br)cc1. The number of rotatable bonds is 7. The monoisotopic (exact) mass is 584 g/mol. The zero-order chi connectivity index (χ0) is 24.7. The summed E-state index contributed by atoms with van der Waals surface area (Å²) in [6.45, 7) is 0. The average molecular weight is 586 g/mol. The van der Waals surface area contributed by atoms with Gasteiger partial charge < -0.3 is 15.3 Å². The predicted molar refractivity (Wildman–Crippen MR) is 142 cm³/mol. The van der Waals surface area contributed by atoms with E-state index < -0.39 is 11.8 Å². The van der Waals surface area contributed by atoms with E-state index in [0.29, 0.717) is 20.1 Å². The van der Waals surface area contributed by atoms with Crippen molar-refractivity contribution in [2.75, 3.05) is 19.0 Å². The van der Waals surface area contributed by atoms with E-state index in [4.69, 9.17) is 0 Å². The Bertz CT molecular complexity index is 1240. The normalized spacial score (nSPS) is 11.4. The van der Waals surface area contributed by atoms with Gasteiger partial charge in [-0.1, -0.05) is 46.3 Å². The maximum Gasteiger partial charge on any atom is 0.287 e. The van der Waals surface area contributed by atoms with E-state index in [1.807, 2.05) is 43.3 Å². The molecule has 0 bridgehead atoms. The Labute approximate surface area is 214 Å². The number of hydrogen-bond donors (Lipinski definition) is 3. The molecule has 0 aliphatic carbocycles. The topological polar surface area (TPSA) is 94.0 Å². The van der Waals surface area contributed by atoms with Crippen LogP contribution >= 0.6 is 31.9 Å². The number of phenolic OH excluding ortho intramolecular Hbond substituents is 1. The molecule has 2 amide bonds. The second-order valence-electron chi connectivity index (χ2n) is 7.39. The third-order valence-electron chi connectivity index (χ3n) is 4.69. The van der Waals surface area contributed by atoms with Crippen LogP contribution in [-0.2, 0) is 4.79 Å². The fourth-order valence-electron chi connectivity index (χ4n) is 2.85. The summed E-state index contributed by atoms with van der Waals surface area (Å²) >= 11 is 6.61. The van der Waals surface area contributed by atoms with Crippen LogP contribution in [0.2, 0.25) is 0 Å². The molecule has 3 rings (SSSR count). The highest BCUT2D eigenvalue weighted by Crippen LogP contribution is 2.29. The van der Waals surface area contributed by atoms with Crippen molar-refractivity contribution >= 4 is 61.7 Å². The largest absolute Gasteiger partial charge is 0.507 e. The van der Waals surface area contributed by atoms with Gasteiger partial charge in [-0.2, -0.15) is 5.10 Å². The van der Waals surface area contributed by atoms with E-state index in [2.05, 4.69) is 47.7 Å². The number of carbonyl (C=O) groups is 2. The van der Waals surface area contributed by atoms with Gasteiger partial charge in [0.15, 0.2) is 0 Å². The fraction of sp³-hybridized carbons (Fsp3) is 0.0800. The van der Waals surface area contributed by atoms with E-state index in [-0.39, 0.29) is 11.4 Å². The number of aromatic hydroxyl groups is 1. The van der Waals surface area contributed by atoms with Crippen LogP contribution in [0.4, 0.5) is 5.69 Å². The summed E-state index contributed by atoms with van der Waals surface area (Å²) in [6, 6.07) is 19.3. The highest BCUT2D eigenvalue weighted by molar-refractivity contribution is 9.11. The first-order valence-electron chi connectivity index (χ1n) is 10.1. The quantitative estimate of drug-likeness (QED) is 0.209. The molecule has 0 saturated carbocycles. The van der Waals surface area contributed by atoms with E-state index in [1.54, 1.807) is 42.5 Å². The van der Waals surface area contributed by atoms with Crippen LogP contribution in [0.15, 0.2) is 86.5 Å². The number of anilines is 1. The van der Waals surface area contributed by atoms with E-state index in [9.17, 15) is 14.7 Å². The lowest BCUT2D eigenvalue weighted by Crippen LogP contribution is -2.32. The molecule has 7 nitrogen and oxygen atoms in total. The number of halogens is 2. The lowest BCUT2D eigenvalue weighted by Gasteiger charge is -2.12. The van der Waals surface area contributed by atoms with Gasteiger partial charge in [0.05, 0.1) is 10.7 Å². The van der Waals surface area contributed by atoms with Crippen LogP contribution in [0.25, 0.3) is 6.08 Å². The summed E-state index contributed by atoms with van der Waals surface area (Å²) in [5, 5.41) is 16.5. The molecule has 0 saturated heterocycles. The minimum Gasteiger partial charge on any atom is -0.507 e. The van der Waals surface area contributed by atoms with Gasteiger partial charge >= 0.3 is 0 Å². The second kappa shape index (κ2) is 11.6. The van der Waals surface area contributed by atoms with Gasteiger partial charge in [-0.05, 0) is 64.0 Å². The van der Waals surface area contributed by atoms with Gasteiger partial charge in [-0.25, -0.2) is 5.43 Å². The average Bonchev–Trinajstić information content (AvgIpc) is 2.82.